The van der Waals surface area contributed by atoms with Gasteiger partial charge in [0.1, 0.15) is 0 Å². The summed E-state index contributed by atoms with van der Waals surface area (Å²) in [4.78, 5) is 0. The Balaban J connectivity index is 1.95. The van der Waals surface area contributed by atoms with Gasteiger partial charge >= 0.3 is 0 Å². The zero-order valence-electron chi connectivity index (χ0n) is 10.8. The Labute approximate surface area is 104 Å². The van der Waals surface area contributed by atoms with Crippen LogP contribution in [0, 0.1) is 0 Å². The Morgan fingerprint density at radius 3 is 2.41 bits per heavy atom. The zero-order valence-corrected chi connectivity index (χ0v) is 10.8. The smallest absolute Gasteiger partial charge is 0.0108 e. The lowest BCUT2D eigenvalue weighted by Crippen LogP contribution is -2.31. The van der Waals surface area contributed by atoms with Gasteiger partial charge in [0.25, 0.3) is 0 Å². The Kier molecular flexibility index (Phi) is 2.74. The third kappa shape index (κ3) is 1.91. The number of hydrogen-bond acceptors (Lipinski definition) is 1. The van der Waals surface area contributed by atoms with Crippen LogP contribution in [0.15, 0.2) is 18.2 Å². The van der Waals surface area contributed by atoms with Crippen molar-refractivity contribution in [2.75, 3.05) is 0 Å². The number of hydrogen-bond donors (Lipinski definition) is 1. The fourth-order valence-corrected chi connectivity index (χ4v) is 3.36. The van der Waals surface area contributed by atoms with Gasteiger partial charge < -0.3 is 5.73 Å². The maximum Gasteiger partial charge on any atom is 0.0108 e. The summed E-state index contributed by atoms with van der Waals surface area (Å²) in [6, 6.07) is 7.49. The molecule has 0 aromatic heterocycles. The van der Waals surface area contributed by atoms with E-state index in [1.54, 1.807) is 11.1 Å². The second kappa shape index (κ2) is 4.13. The van der Waals surface area contributed by atoms with Gasteiger partial charge in [-0.15, -0.1) is 0 Å². The summed E-state index contributed by atoms with van der Waals surface area (Å²) < 4.78 is 0. The first-order chi connectivity index (χ1) is 8.22. The fourth-order valence-electron chi connectivity index (χ4n) is 3.36. The van der Waals surface area contributed by atoms with Crippen LogP contribution >= 0.6 is 0 Å². The average molecular weight is 229 g/mol. The normalized spacial score (nSPS) is 23.6. The van der Waals surface area contributed by atoms with E-state index in [0.717, 1.165) is 0 Å². The van der Waals surface area contributed by atoms with Gasteiger partial charge in [-0.25, -0.2) is 0 Å². The molecule has 1 aromatic rings. The molecule has 1 saturated carbocycles. The number of benzene rings is 1. The van der Waals surface area contributed by atoms with Gasteiger partial charge in [-0.2, -0.15) is 0 Å². The Morgan fingerprint density at radius 1 is 1.06 bits per heavy atom. The highest BCUT2D eigenvalue weighted by Gasteiger charge is 2.47. The predicted octanol–water partition coefficient (Wildman–Crippen LogP) is 3.33. The van der Waals surface area contributed by atoms with Crippen molar-refractivity contribution >= 4 is 0 Å². The molecule has 1 fully saturated rings. The van der Waals surface area contributed by atoms with E-state index >= 15 is 0 Å². The zero-order chi connectivity index (χ0) is 11.9. The van der Waals surface area contributed by atoms with Gasteiger partial charge in [0, 0.05) is 11.5 Å². The maximum absolute atomic E-state index is 6.17. The minimum atomic E-state index is 0.298. The van der Waals surface area contributed by atoms with Crippen molar-refractivity contribution < 1.29 is 0 Å². The van der Waals surface area contributed by atoms with Gasteiger partial charge in [-0.3, -0.25) is 0 Å². The van der Waals surface area contributed by atoms with Crippen LogP contribution in [-0.2, 0) is 18.3 Å². The van der Waals surface area contributed by atoms with E-state index < -0.39 is 0 Å². The van der Waals surface area contributed by atoms with Crippen molar-refractivity contribution in [1.82, 2.24) is 0 Å². The Hall–Kier alpha value is -0.820. The van der Waals surface area contributed by atoms with Crippen LogP contribution in [0.5, 0.6) is 0 Å². The third-order valence-corrected chi connectivity index (χ3v) is 4.83. The molecule has 1 atom stereocenters. The number of nitrogens with two attached hydrogens (primary N) is 1. The molecule has 2 aliphatic carbocycles. The summed E-state index contributed by atoms with van der Waals surface area (Å²) >= 11 is 0. The molecule has 0 radical (unpaired) electrons. The molecule has 0 bridgehead atoms. The van der Waals surface area contributed by atoms with Crippen LogP contribution in [0.3, 0.4) is 0 Å². The van der Waals surface area contributed by atoms with E-state index in [1.165, 1.54) is 50.5 Å². The van der Waals surface area contributed by atoms with Crippen molar-refractivity contribution in [2.24, 2.45) is 5.73 Å². The maximum atomic E-state index is 6.17. The fraction of sp³-hybridized carbons (Fsp3) is 0.625. The van der Waals surface area contributed by atoms with E-state index in [2.05, 4.69) is 25.1 Å². The van der Waals surface area contributed by atoms with Crippen molar-refractivity contribution in [3.05, 3.63) is 34.9 Å². The second-order valence-electron chi connectivity index (χ2n) is 5.99. The molecule has 1 unspecified atom stereocenters. The summed E-state index contributed by atoms with van der Waals surface area (Å²) in [5, 5.41) is 0. The lowest BCUT2D eigenvalue weighted by Gasteiger charge is -2.21. The first-order valence-corrected chi connectivity index (χ1v) is 7.10. The molecule has 3 rings (SSSR count). The predicted molar refractivity (Wildman–Crippen MR) is 72.3 cm³/mol. The molecule has 1 aromatic carbocycles. The highest BCUT2D eigenvalue weighted by molar-refractivity contribution is 5.40. The molecule has 17 heavy (non-hydrogen) atoms. The summed E-state index contributed by atoms with van der Waals surface area (Å²) in [6.45, 7) is 2.17. The molecule has 0 heterocycles. The van der Waals surface area contributed by atoms with Crippen LogP contribution in [-0.4, -0.2) is 6.04 Å². The lowest BCUT2D eigenvalue weighted by molar-refractivity contribution is 0.556. The van der Waals surface area contributed by atoms with Crippen LogP contribution in [0.25, 0.3) is 0 Å². The highest BCUT2D eigenvalue weighted by atomic mass is 14.7. The van der Waals surface area contributed by atoms with E-state index in [4.69, 9.17) is 5.73 Å². The van der Waals surface area contributed by atoms with Crippen LogP contribution in [0.1, 0.15) is 55.7 Å². The molecule has 0 amide bonds. The number of fused-ring (bicyclic) bond motifs is 1. The molecule has 2 aliphatic rings. The van der Waals surface area contributed by atoms with Gasteiger partial charge in [-0.1, -0.05) is 24.6 Å². The quantitative estimate of drug-likeness (QED) is 0.773. The minimum Gasteiger partial charge on any atom is -0.327 e. The number of rotatable bonds is 2. The van der Waals surface area contributed by atoms with Crippen molar-refractivity contribution in [1.29, 1.82) is 0 Å². The van der Waals surface area contributed by atoms with E-state index in [1.807, 2.05) is 0 Å². The van der Waals surface area contributed by atoms with E-state index in [9.17, 15) is 0 Å². The molecular formula is C16H23N. The highest BCUT2D eigenvalue weighted by Crippen LogP contribution is 2.50. The molecule has 2 N–H and O–H groups in total. The standard InChI is InChI=1S/C16H23N/c1-12(17)16(9-10-16)15-8-7-13-5-3-2-4-6-14(13)11-15/h7-8,11-12H,2-6,9-10,17H2,1H3. The monoisotopic (exact) mass is 229 g/mol. The minimum absolute atomic E-state index is 0.298. The van der Waals surface area contributed by atoms with Crippen LogP contribution in [0.2, 0.25) is 0 Å². The van der Waals surface area contributed by atoms with E-state index in [0.29, 0.717) is 11.5 Å². The second-order valence-corrected chi connectivity index (χ2v) is 5.99. The first kappa shape index (κ1) is 11.3. The molecule has 1 nitrogen and oxygen atoms in total. The van der Waals surface area contributed by atoms with Crippen molar-refractivity contribution in [2.45, 2.75) is 63.3 Å². The van der Waals surface area contributed by atoms with Crippen LogP contribution < -0.4 is 5.73 Å². The van der Waals surface area contributed by atoms with Crippen molar-refractivity contribution in [3.63, 3.8) is 0 Å². The van der Waals surface area contributed by atoms with Gasteiger partial charge in [0.15, 0.2) is 0 Å². The summed E-state index contributed by atoms with van der Waals surface area (Å²) in [5.41, 5.74) is 11.2. The average Bonchev–Trinajstić information content (AvgIpc) is 3.13. The summed E-state index contributed by atoms with van der Waals surface area (Å²) in [7, 11) is 0. The topological polar surface area (TPSA) is 26.0 Å². The molecule has 92 valence electrons. The third-order valence-electron chi connectivity index (χ3n) is 4.83. The number of aryl methyl sites for hydroxylation is 2. The Morgan fingerprint density at radius 2 is 1.76 bits per heavy atom. The van der Waals surface area contributed by atoms with E-state index in [-0.39, 0.29) is 0 Å². The summed E-state index contributed by atoms with van der Waals surface area (Å²) in [6.07, 6.45) is 9.24. The molecule has 0 saturated heterocycles. The lowest BCUT2D eigenvalue weighted by atomic mass is 9.86. The first-order valence-electron chi connectivity index (χ1n) is 7.10. The van der Waals surface area contributed by atoms with Gasteiger partial charge in [0.05, 0.1) is 0 Å². The molecular weight excluding hydrogens is 206 g/mol. The molecule has 1 heteroatoms. The Bertz CT molecular complexity index is 416. The largest absolute Gasteiger partial charge is 0.327 e. The molecule has 0 aliphatic heterocycles. The molecule has 0 spiro atoms. The van der Waals surface area contributed by atoms with Gasteiger partial charge in [0.2, 0.25) is 0 Å². The van der Waals surface area contributed by atoms with Gasteiger partial charge in [-0.05, 0) is 62.1 Å². The van der Waals surface area contributed by atoms with Crippen molar-refractivity contribution in [3.8, 4) is 0 Å². The van der Waals surface area contributed by atoms with Crippen LogP contribution in [0.4, 0.5) is 0 Å². The summed E-state index contributed by atoms with van der Waals surface area (Å²) in [5.74, 6) is 0. The SMILES string of the molecule is CC(N)C1(c2ccc3c(c2)CCCCC3)CC1.